The second-order valence-corrected chi connectivity index (χ2v) is 4.75. The molecule has 94 valence electrons. The highest BCUT2D eigenvalue weighted by atomic mass is 16.5. The van der Waals surface area contributed by atoms with Crippen LogP contribution in [0.5, 0.6) is 0 Å². The lowest BCUT2D eigenvalue weighted by Gasteiger charge is -2.23. The number of amides is 2. The lowest BCUT2D eigenvalue weighted by molar-refractivity contribution is 0.158. The maximum absolute atomic E-state index is 11.6. The van der Waals surface area contributed by atoms with E-state index in [2.05, 4.69) is 17.6 Å². The van der Waals surface area contributed by atoms with Gasteiger partial charge < -0.3 is 15.4 Å². The van der Waals surface area contributed by atoms with Crippen LogP contribution in [0.4, 0.5) is 4.79 Å². The average Bonchev–Trinajstić information content (AvgIpc) is 2.28. The predicted octanol–water partition coefficient (Wildman–Crippen LogP) is 1.90. The van der Waals surface area contributed by atoms with E-state index >= 15 is 0 Å². The molecule has 1 aliphatic carbocycles. The van der Waals surface area contributed by atoms with Gasteiger partial charge in [-0.15, -0.1) is 0 Å². The van der Waals surface area contributed by atoms with Crippen LogP contribution in [0.1, 0.15) is 39.0 Å². The fourth-order valence-electron chi connectivity index (χ4n) is 2.09. The second-order valence-electron chi connectivity index (χ2n) is 4.75. The first-order valence-corrected chi connectivity index (χ1v) is 6.25. The van der Waals surface area contributed by atoms with E-state index in [1.165, 1.54) is 19.3 Å². The number of hydrogen-bond acceptors (Lipinski definition) is 2. The summed E-state index contributed by atoms with van der Waals surface area (Å²) < 4.78 is 5.01. The van der Waals surface area contributed by atoms with E-state index in [1.807, 2.05) is 0 Å². The fourth-order valence-corrected chi connectivity index (χ4v) is 2.09. The van der Waals surface area contributed by atoms with E-state index in [9.17, 15) is 4.79 Å². The lowest BCUT2D eigenvalue weighted by atomic mass is 9.96. The van der Waals surface area contributed by atoms with Gasteiger partial charge in [0.25, 0.3) is 0 Å². The zero-order chi connectivity index (χ0) is 11.8. The van der Waals surface area contributed by atoms with Crippen molar-refractivity contribution in [2.45, 2.75) is 45.1 Å². The van der Waals surface area contributed by atoms with Crippen molar-refractivity contribution in [3.05, 3.63) is 0 Å². The number of nitrogens with one attached hydrogen (secondary N) is 2. The second kappa shape index (κ2) is 7.49. The first-order valence-electron chi connectivity index (χ1n) is 6.25. The van der Waals surface area contributed by atoms with Crippen LogP contribution in [-0.2, 0) is 4.74 Å². The molecule has 0 spiro atoms. The molecular weight excluding hydrogens is 204 g/mol. The van der Waals surface area contributed by atoms with Crippen LogP contribution in [0.2, 0.25) is 0 Å². The summed E-state index contributed by atoms with van der Waals surface area (Å²) in [7, 11) is 1.68. The Bertz CT molecular complexity index is 203. The minimum Gasteiger partial charge on any atom is -0.384 e. The molecule has 1 saturated carbocycles. The summed E-state index contributed by atoms with van der Waals surface area (Å²) in [5.74, 6) is 0.363. The molecule has 0 aromatic carbocycles. The third-order valence-corrected chi connectivity index (χ3v) is 3.00. The highest BCUT2D eigenvalue weighted by Crippen LogP contribution is 2.17. The molecule has 1 aliphatic rings. The van der Waals surface area contributed by atoms with E-state index in [-0.39, 0.29) is 6.03 Å². The Morgan fingerprint density at radius 3 is 2.69 bits per heavy atom. The molecule has 0 radical (unpaired) electrons. The molecule has 4 nitrogen and oxygen atoms in total. The number of urea groups is 1. The molecule has 2 N–H and O–H groups in total. The zero-order valence-electron chi connectivity index (χ0n) is 10.4. The van der Waals surface area contributed by atoms with Gasteiger partial charge in [-0.25, -0.2) is 4.79 Å². The van der Waals surface area contributed by atoms with Gasteiger partial charge in [0.1, 0.15) is 0 Å². The molecule has 1 fully saturated rings. The summed E-state index contributed by atoms with van der Waals surface area (Å²) >= 11 is 0. The van der Waals surface area contributed by atoms with E-state index in [1.54, 1.807) is 7.11 Å². The molecule has 0 saturated heterocycles. The van der Waals surface area contributed by atoms with Gasteiger partial charge in [0, 0.05) is 19.7 Å². The van der Waals surface area contributed by atoms with Crippen LogP contribution in [0, 0.1) is 5.92 Å². The third-order valence-electron chi connectivity index (χ3n) is 3.00. The molecule has 2 amide bonds. The van der Waals surface area contributed by atoms with Crippen molar-refractivity contribution in [3.8, 4) is 0 Å². The van der Waals surface area contributed by atoms with Crippen LogP contribution < -0.4 is 10.6 Å². The van der Waals surface area contributed by atoms with Crippen molar-refractivity contribution < 1.29 is 9.53 Å². The Labute approximate surface area is 98.1 Å². The Kier molecular flexibility index (Phi) is 6.23. The standard InChI is InChI=1S/C12H24N2O2/c1-10(9-16-2)8-13-12(15)14-11-6-4-3-5-7-11/h10-11H,3-9H2,1-2H3,(H2,13,14,15). The largest absolute Gasteiger partial charge is 0.384 e. The summed E-state index contributed by atoms with van der Waals surface area (Å²) in [6, 6.07) is 0.348. The van der Waals surface area contributed by atoms with Crippen molar-refractivity contribution in [3.63, 3.8) is 0 Å². The van der Waals surface area contributed by atoms with Gasteiger partial charge in [0.15, 0.2) is 0 Å². The lowest BCUT2D eigenvalue weighted by Crippen LogP contribution is -2.44. The Morgan fingerprint density at radius 2 is 2.06 bits per heavy atom. The van der Waals surface area contributed by atoms with Crippen LogP contribution in [0.15, 0.2) is 0 Å². The molecule has 0 aromatic heterocycles. The number of ether oxygens (including phenoxy) is 1. The highest BCUT2D eigenvalue weighted by Gasteiger charge is 2.15. The Balaban J connectivity index is 2.10. The van der Waals surface area contributed by atoms with Gasteiger partial charge in [-0.2, -0.15) is 0 Å². The monoisotopic (exact) mass is 228 g/mol. The number of rotatable bonds is 5. The van der Waals surface area contributed by atoms with Crippen LogP contribution in [-0.4, -0.2) is 32.3 Å². The quantitative estimate of drug-likeness (QED) is 0.755. The van der Waals surface area contributed by atoms with Gasteiger partial charge in [-0.1, -0.05) is 26.2 Å². The maximum Gasteiger partial charge on any atom is 0.315 e. The molecular formula is C12H24N2O2. The van der Waals surface area contributed by atoms with Gasteiger partial charge in [-0.3, -0.25) is 0 Å². The van der Waals surface area contributed by atoms with E-state index in [4.69, 9.17) is 4.74 Å². The predicted molar refractivity (Wildman–Crippen MR) is 64.4 cm³/mol. The molecule has 0 heterocycles. The average molecular weight is 228 g/mol. The van der Waals surface area contributed by atoms with E-state index in [0.717, 1.165) is 12.8 Å². The molecule has 1 atom stereocenters. The number of hydrogen-bond donors (Lipinski definition) is 2. The van der Waals surface area contributed by atoms with Gasteiger partial charge in [0.05, 0.1) is 6.61 Å². The minimum atomic E-state index is -0.0325. The fraction of sp³-hybridized carbons (Fsp3) is 0.917. The normalized spacial score (nSPS) is 19.1. The zero-order valence-corrected chi connectivity index (χ0v) is 10.4. The van der Waals surface area contributed by atoms with Crippen molar-refractivity contribution in [2.24, 2.45) is 5.92 Å². The smallest absolute Gasteiger partial charge is 0.315 e. The third kappa shape index (κ3) is 5.35. The Hall–Kier alpha value is -0.770. The summed E-state index contributed by atoms with van der Waals surface area (Å²) in [6.45, 7) is 3.42. The minimum absolute atomic E-state index is 0.0325. The van der Waals surface area contributed by atoms with E-state index < -0.39 is 0 Å². The number of carbonyl (C=O) groups is 1. The van der Waals surface area contributed by atoms with Gasteiger partial charge >= 0.3 is 6.03 Å². The molecule has 1 rings (SSSR count). The highest BCUT2D eigenvalue weighted by molar-refractivity contribution is 5.74. The van der Waals surface area contributed by atoms with Crippen molar-refractivity contribution in [1.82, 2.24) is 10.6 Å². The van der Waals surface area contributed by atoms with Gasteiger partial charge in [-0.05, 0) is 18.8 Å². The molecule has 16 heavy (non-hydrogen) atoms. The molecule has 0 bridgehead atoms. The first kappa shape index (κ1) is 13.3. The summed E-state index contributed by atoms with van der Waals surface area (Å²) in [5, 5.41) is 5.91. The van der Waals surface area contributed by atoms with E-state index in [0.29, 0.717) is 25.1 Å². The summed E-state index contributed by atoms with van der Waals surface area (Å²) in [5.41, 5.74) is 0. The van der Waals surface area contributed by atoms with Crippen LogP contribution in [0.25, 0.3) is 0 Å². The molecule has 1 unspecified atom stereocenters. The number of methoxy groups -OCH3 is 1. The Morgan fingerprint density at radius 1 is 1.38 bits per heavy atom. The summed E-state index contributed by atoms with van der Waals surface area (Å²) in [4.78, 5) is 11.6. The topological polar surface area (TPSA) is 50.4 Å². The maximum atomic E-state index is 11.6. The van der Waals surface area contributed by atoms with Gasteiger partial charge in [0.2, 0.25) is 0 Å². The SMILES string of the molecule is COCC(C)CNC(=O)NC1CCCCC1. The van der Waals surface area contributed by atoms with Crippen LogP contribution in [0.3, 0.4) is 0 Å². The number of carbonyl (C=O) groups excluding carboxylic acids is 1. The van der Waals surface area contributed by atoms with Crippen LogP contribution >= 0.6 is 0 Å². The molecule has 4 heteroatoms. The van der Waals surface area contributed by atoms with Crippen molar-refractivity contribution in [2.75, 3.05) is 20.3 Å². The molecule has 0 aromatic rings. The van der Waals surface area contributed by atoms with Crippen molar-refractivity contribution in [1.29, 1.82) is 0 Å². The summed E-state index contributed by atoms with van der Waals surface area (Å²) in [6.07, 6.45) is 6.04. The first-order chi connectivity index (χ1) is 7.72. The van der Waals surface area contributed by atoms with Crippen molar-refractivity contribution >= 4 is 6.03 Å². The molecule has 0 aliphatic heterocycles.